The first-order valence-electron chi connectivity index (χ1n) is 4.12. The van der Waals surface area contributed by atoms with E-state index in [2.05, 4.69) is 11.8 Å². The van der Waals surface area contributed by atoms with E-state index in [0.717, 1.165) is 0 Å². The first kappa shape index (κ1) is 7.36. The molecule has 0 heterocycles. The zero-order chi connectivity index (χ0) is 8.39. The van der Waals surface area contributed by atoms with Gasteiger partial charge in [-0.15, -0.1) is 0 Å². The molecule has 2 rings (SSSR count). The molecule has 1 aliphatic carbocycles. The maximum Gasteiger partial charge on any atom is 0.138 e. The fourth-order valence-corrected chi connectivity index (χ4v) is 0.970. The van der Waals surface area contributed by atoms with Gasteiger partial charge in [0.25, 0.3) is 0 Å². The normalized spacial score (nSPS) is 15.1. The molecule has 0 amide bonds. The molecular formula is C11H9F. The van der Waals surface area contributed by atoms with Crippen molar-refractivity contribution >= 4 is 0 Å². The molecule has 1 aromatic carbocycles. The molecule has 0 aliphatic heterocycles. The van der Waals surface area contributed by atoms with Crippen LogP contribution in [-0.2, 0) is 0 Å². The van der Waals surface area contributed by atoms with Crippen LogP contribution in [0.3, 0.4) is 0 Å². The standard InChI is InChI=1S/C11H9F/c12-11-4-2-1-3-10(11)8-7-9-5-6-9/h1-4,9H,5-6H2. The molecule has 0 unspecified atom stereocenters. The Labute approximate surface area is 71.4 Å². The lowest BCUT2D eigenvalue weighted by molar-refractivity contribution is 0.624. The number of hydrogen-bond donors (Lipinski definition) is 0. The highest BCUT2D eigenvalue weighted by molar-refractivity contribution is 5.36. The molecule has 1 aliphatic rings. The molecule has 0 bridgehead atoms. The monoisotopic (exact) mass is 160 g/mol. The average molecular weight is 160 g/mol. The van der Waals surface area contributed by atoms with Crippen LogP contribution in [0.2, 0.25) is 0 Å². The minimum atomic E-state index is -0.217. The summed E-state index contributed by atoms with van der Waals surface area (Å²) in [4.78, 5) is 0. The summed E-state index contributed by atoms with van der Waals surface area (Å²) in [5.74, 6) is 6.19. The van der Waals surface area contributed by atoms with Gasteiger partial charge in [0.15, 0.2) is 0 Å². The second kappa shape index (κ2) is 2.98. The first-order chi connectivity index (χ1) is 5.86. The topological polar surface area (TPSA) is 0 Å². The van der Waals surface area contributed by atoms with Gasteiger partial charge < -0.3 is 0 Å². The van der Waals surface area contributed by atoms with Crippen LogP contribution in [-0.4, -0.2) is 0 Å². The lowest BCUT2D eigenvalue weighted by Crippen LogP contribution is -1.80. The SMILES string of the molecule is Fc1ccccc1C#CC1CC1. The highest BCUT2D eigenvalue weighted by Crippen LogP contribution is 2.27. The van der Waals surface area contributed by atoms with E-state index in [1.165, 1.54) is 18.9 Å². The van der Waals surface area contributed by atoms with Gasteiger partial charge in [-0.2, -0.15) is 0 Å². The number of halogens is 1. The van der Waals surface area contributed by atoms with Gasteiger partial charge in [0.2, 0.25) is 0 Å². The van der Waals surface area contributed by atoms with Gasteiger partial charge in [-0.25, -0.2) is 4.39 Å². The minimum absolute atomic E-state index is 0.217. The van der Waals surface area contributed by atoms with Crippen molar-refractivity contribution in [1.29, 1.82) is 0 Å². The van der Waals surface area contributed by atoms with Crippen molar-refractivity contribution < 1.29 is 4.39 Å². The molecule has 0 radical (unpaired) electrons. The zero-order valence-electron chi connectivity index (χ0n) is 6.68. The van der Waals surface area contributed by atoms with E-state index >= 15 is 0 Å². The Kier molecular flexibility index (Phi) is 1.83. The van der Waals surface area contributed by atoms with E-state index in [4.69, 9.17) is 0 Å². The van der Waals surface area contributed by atoms with Crippen molar-refractivity contribution in [2.45, 2.75) is 12.8 Å². The predicted molar refractivity (Wildman–Crippen MR) is 46.0 cm³/mol. The van der Waals surface area contributed by atoms with E-state index < -0.39 is 0 Å². The van der Waals surface area contributed by atoms with E-state index in [9.17, 15) is 4.39 Å². The van der Waals surface area contributed by atoms with Crippen molar-refractivity contribution in [3.63, 3.8) is 0 Å². The zero-order valence-corrected chi connectivity index (χ0v) is 6.68. The molecule has 1 aromatic rings. The minimum Gasteiger partial charge on any atom is -0.206 e. The van der Waals surface area contributed by atoms with Crippen LogP contribution in [0.15, 0.2) is 24.3 Å². The van der Waals surface area contributed by atoms with Crippen LogP contribution in [0, 0.1) is 23.6 Å². The molecule has 0 aromatic heterocycles. The molecule has 1 saturated carbocycles. The molecule has 0 nitrogen and oxygen atoms in total. The van der Waals surface area contributed by atoms with E-state index in [1.54, 1.807) is 18.2 Å². The van der Waals surface area contributed by atoms with E-state index in [0.29, 0.717) is 11.5 Å². The summed E-state index contributed by atoms with van der Waals surface area (Å²) in [7, 11) is 0. The molecule has 1 fully saturated rings. The summed E-state index contributed by atoms with van der Waals surface area (Å²) in [6.07, 6.45) is 2.36. The number of hydrogen-bond acceptors (Lipinski definition) is 0. The molecule has 12 heavy (non-hydrogen) atoms. The van der Waals surface area contributed by atoms with Crippen LogP contribution in [0.1, 0.15) is 18.4 Å². The molecule has 0 atom stereocenters. The molecule has 60 valence electrons. The second-order valence-electron chi connectivity index (χ2n) is 3.02. The van der Waals surface area contributed by atoms with Crippen LogP contribution < -0.4 is 0 Å². The fraction of sp³-hybridized carbons (Fsp3) is 0.273. The van der Waals surface area contributed by atoms with E-state index in [-0.39, 0.29) is 5.82 Å². The van der Waals surface area contributed by atoms with Gasteiger partial charge in [-0.1, -0.05) is 24.0 Å². The highest BCUT2D eigenvalue weighted by Gasteiger charge is 2.17. The van der Waals surface area contributed by atoms with Crippen LogP contribution >= 0.6 is 0 Å². The van der Waals surface area contributed by atoms with Crippen molar-refractivity contribution in [3.05, 3.63) is 35.6 Å². The van der Waals surface area contributed by atoms with Crippen LogP contribution in [0.4, 0.5) is 4.39 Å². The molecule has 1 heteroatoms. The molecule has 0 saturated heterocycles. The van der Waals surface area contributed by atoms with Gasteiger partial charge in [0.1, 0.15) is 5.82 Å². The summed E-state index contributed by atoms with van der Waals surface area (Å²) < 4.78 is 13.0. The van der Waals surface area contributed by atoms with Gasteiger partial charge in [0.05, 0.1) is 5.56 Å². The van der Waals surface area contributed by atoms with Crippen LogP contribution in [0.5, 0.6) is 0 Å². The first-order valence-corrected chi connectivity index (χ1v) is 4.12. The molecule has 0 spiro atoms. The Morgan fingerprint density at radius 3 is 2.67 bits per heavy atom. The van der Waals surface area contributed by atoms with Gasteiger partial charge in [-0.05, 0) is 25.0 Å². The summed E-state index contributed by atoms with van der Waals surface area (Å²) in [5.41, 5.74) is 0.518. The quantitative estimate of drug-likeness (QED) is 0.512. The maximum atomic E-state index is 13.0. The Morgan fingerprint density at radius 2 is 2.00 bits per heavy atom. The Bertz CT molecular complexity index is 340. The fourth-order valence-electron chi connectivity index (χ4n) is 0.970. The third-order valence-electron chi connectivity index (χ3n) is 1.86. The highest BCUT2D eigenvalue weighted by atomic mass is 19.1. The number of benzene rings is 1. The van der Waals surface area contributed by atoms with Crippen molar-refractivity contribution in [2.24, 2.45) is 5.92 Å². The Morgan fingerprint density at radius 1 is 1.25 bits per heavy atom. The van der Waals surface area contributed by atoms with Crippen LogP contribution in [0.25, 0.3) is 0 Å². The largest absolute Gasteiger partial charge is 0.206 e. The lowest BCUT2D eigenvalue weighted by atomic mass is 10.2. The summed E-state index contributed by atoms with van der Waals surface area (Å²) >= 11 is 0. The maximum absolute atomic E-state index is 13.0. The van der Waals surface area contributed by atoms with E-state index in [1.807, 2.05) is 0 Å². The Hall–Kier alpha value is -1.29. The van der Waals surface area contributed by atoms with Gasteiger partial charge >= 0.3 is 0 Å². The average Bonchev–Trinajstić information content (AvgIpc) is 2.86. The lowest BCUT2D eigenvalue weighted by Gasteiger charge is -1.90. The summed E-state index contributed by atoms with van der Waals surface area (Å²) in [6, 6.07) is 6.64. The third kappa shape index (κ3) is 1.65. The third-order valence-corrected chi connectivity index (χ3v) is 1.86. The Balaban J connectivity index is 2.23. The van der Waals surface area contributed by atoms with Crippen molar-refractivity contribution in [1.82, 2.24) is 0 Å². The van der Waals surface area contributed by atoms with Gasteiger partial charge in [0, 0.05) is 5.92 Å². The van der Waals surface area contributed by atoms with Gasteiger partial charge in [-0.3, -0.25) is 0 Å². The second-order valence-corrected chi connectivity index (χ2v) is 3.02. The van der Waals surface area contributed by atoms with Crippen molar-refractivity contribution in [3.8, 4) is 11.8 Å². The van der Waals surface area contributed by atoms with Crippen molar-refractivity contribution in [2.75, 3.05) is 0 Å². The molecule has 0 N–H and O–H groups in total. The predicted octanol–water partition coefficient (Wildman–Crippen LogP) is 2.59. The summed E-state index contributed by atoms with van der Waals surface area (Å²) in [5, 5.41) is 0. The number of rotatable bonds is 0. The summed E-state index contributed by atoms with van der Waals surface area (Å²) in [6.45, 7) is 0. The molecular weight excluding hydrogens is 151 g/mol. The smallest absolute Gasteiger partial charge is 0.138 e.